The molecular formula is C23H25FN4O4S. The van der Waals surface area contributed by atoms with Crippen LogP contribution in [0, 0.1) is 5.82 Å². The lowest BCUT2D eigenvalue weighted by molar-refractivity contribution is -0.132. The Morgan fingerprint density at radius 1 is 1.27 bits per heavy atom. The summed E-state index contributed by atoms with van der Waals surface area (Å²) in [6.07, 6.45) is 2.91. The van der Waals surface area contributed by atoms with Crippen molar-refractivity contribution in [3.63, 3.8) is 0 Å². The zero-order valence-electron chi connectivity index (χ0n) is 18.1. The summed E-state index contributed by atoms with van der Waals surface area (Å²) in [5.41, 5.74) is 7.13. The van der Waals surface area contributed by atoms with E-state index in [0.717, 1.165) is 12.7 Å². The van der Waals surface area contributed by atoms with Gasteiger partial charge in [0.25, 0.3) is 0 Å². The van der Waals surface area contributed by atoms with Crippen molar-refractivity contribution < 1.29 is 22.1 Å². The first-order valence-electron chi connectivity index (χ1n) is 10.6. The number of halogens is 1. The molecule has 2 atom stereocenters. The first kappa shape index (κ1) is 23.1. The number of carbonyl (C=O) groups is 1. The maximum atomic E-state index is 13.9. The van der Waals surface area contributed by atoms with Crippen LogP contribution in [0.1, 0.15) is 36.8 Å². The van der Waals surface area contributed by atoms with E-state index in [9.17, 15) is 17.6 Å². The number of likely N-dealkylation sites (tertiary alicyclic amines) is 1. The van der Waals surface area contributed by atoms with Gasteiger partial charge in [0.15, 0.2) is 9.84 Å². The van der Waals surface area contributed by atoms with Crippen LogP contribution in [0.4, 0.5) is 4.39 Å². The molecule has 0 saturated carbocycles. The summed E-state index contributed by atoms with van der Waals surface area (Å²) in [6.45, 7) is 0.539. The highest BCUT2D eigenvalue weighted by molar-refractivity contribution is 7.90. The van der Waals surface area contributed by atoms with Gasteiger partial charge in [-0.25, -0.2) is 12.8 Å². The third-order valence-electron chi connectivity index (χ3n) is 5.70. The van der Waals surface area contributed by atoms with Gasteiger partial charge in [-0.1, -0.05) is 35.5 Å². The SMILES string of the molecule is CS(=O)(=O)c1cccc(-c2noc([C@@H]3CCCN3C(=O)C[C@H](N)Cc3ccccc3F)n2)c1. The number of benzene rings is 2. The quantitative estimate of drug-likeness (QED) is 0.561. The van der Waals surface area contributed by atoms with E-state index in [-0.39, 0.29) is 41.3 Å². The fourth-order valence-electron chi connectivity index (χ4n) is 4.04. The van der Waals surface area contributed by atoms with Gasteiger partial charge >= 0.3 is 0 Å². The Bertz CT molecular complexity index is 1260. The Balaban J connectivity index is 1.46. The zero-order chi connectivity index (χ0) is 23.6. The molecule has 1 aliphatic heterocycles. The molecule has 1 saturated heterocycles. The number of amides is 1. The van der Waals surface area contributed by atoms with Gasteiger partial charge in [-0.05, 0) is 43.0 Å². The average molecular weight is 473 g/mol. The number of nitrogens with zero attached hydrogens (tertiary/aromatic N) is 3. The standard InChI is InChI=1S/C23H25FN4O4S/c1-33(30,31)18-8-4-7-16(13-18)22-26-23(32-27-22)20-10-5-11-28(20)21(29)14-17(25)12-15-6-2-3-9-19(15)24/h2-4,6-9,13,17,20H,5,10-12,14,25H2,1H3/t17-,20+/m1/s1. The smallest absolute Gasteiger partial charge is 0.249 e. The summed E-state index contributed by atoms with van der Waals surface area (Å²) in [6, 6.07) is 11.8. The van der Waals surface area contributed by atoms with E-state index >= 15 is 0 Å². The molecular weight excluding hydrogens is 447 g/mol. The van der Waals surface area contributed by atoms with Gasteiger partial charge in [-0.2, -0.15) is 4.98 Å². The molecule has 2 N–H and O–H groups in total. The average Bonchev–Trinajstić information content (AvgIpc) is 3.44. The molecule has 0 aliphatic carbocycles. The number of nitrogens with two attached hydrogens (primary N) is 1. The third-order valence-corrected chi connectivity index (χ3v) is 6.81. The molecule has 8 nitrogen and oxygen atoms in total. The number of carbonyl (C=O) groups excluding carboxylic acids is 1. The van der Waals surface area contributed by atoms with E-state index in [1.807, 2.05) is 0 Å². The molecule has 1 aromatic heterocycles. The number of hydrogen-bond donors (Lipinski definition) is 1. The number of sulfone groups is 1. The highest BCUT2D eigenvalue weighted by Crippen LogP contribution is 2.33. The molecule has 2 aromatic carbocycles. The van der Waals surface area contributed by atoms with E-state index in [2.05, 4.69) is 10.1 Å². The van der Waals surface area contributed by atoms with E-state index in [0.29, 0.717) is 30.0 Å². The highest BCUT2D eigenvalue weighted by atomic mass is 32.2. The minimum absolute atomic E-state index is 0.0717. The maximum Gasteiger partial charge on any atom is 0.249 e. The molecule has 1 aliphatic rings. The van der Waals surface area contributed by atoms with Gasteiger partial charge in [0, 0.05) is 30.8 Å². The summed E-state index contributed by atoms with van der Waals surface area (Å²) in [5, 5.41) is 3.99. The number of rotatable bonds is 7. The Labute approximate surface area is 191 Å². The lowest BCUT2D eigenvalue weighted by Crippen LogP contribution is -2.36. The molecule has 0 bridgehead atoms. The van der Waals surface area contributed by atoms with Crippen LogP contribution in [-0.4, -0.2) is 48.2 Å². The molecule has 10 heteroatoms. The molecule has 0 radical (unpaired) electrons. The van der Waals surface area contributed by atoms with Gasteiger partial charge in [-0.15, -0.1) is 0 Å². The Kier molecular flexibility index (Phi) is 6.57. The second-order valence-electron chi connectivity index (χ2n) is 8.26. The summed E-state index contributed by atoms with van der Waals surface area (Å²) in [4.78, 5) is 19.2. The fourth-order valence-corrected chi connectivity index (χ4v) is 4.70. The van der Waals surface area contributed by atoms with Crippen LogP contribution in [-0.2, 0) is 21.1 Å². The molecule has 0 spiro atoms. The van der Waals surface area contributed by atoms with Crippen LogP contribution in [0.5, 0.6) is 0 Å². The Morgan fingerprint density at radius 3 is 2.82 bits per heavy atom. The van der Waals surface area contributed by atoms with Crippen molar-refractivity contribution in [2.75, 3.05) is 12.8 Å². The van der Waals surface area contributed by atoms with Gasteiger partial charge in [0.05, 0.1) is 4.90 Å². The van der Waals surface area contributed by atoms with Gasteiger partial charge in [-0.3, -0.25) is 4.79 Å². The second-order valence-corrected chi connectivity index (χ2v) is 10.3. The first-order valence-corrected chi connectivity index (χ1v) is 12.5. The maximum absolute atomic E-state index is 13.9. The van der Waals surface area contributed by atoms with E-state index in [4.69, 9.17) is 10.3 Å². The topological polar surface area (TPSA) is 119 Å². The van der Waals surface area contributed by atoms with Crippen LogP contribution < -0.4 is 5.73 Å². The summed E-state index contributed by atoms with van der Waals surface area (Å²) < 4.78 is 43.0. The second kappa shape index (κ2) is 9.40. The normalized spacial score (nSPS) is 17.3. The molecule has 1 fully saturated rings. The van der Waals surface area contributed by atoms with Crippen LogP contribution >= 0.6 is 0 Å². The lowest BCUT2D eigenvalue weighted by atomic mass is 10.0. The predicted octanol–water partition coefficient (Wildman–Crippen LogP) is 2.90. The molecule has 4 rings (SSSR count). The first-order chi connectivity index (χ1) is 15.7. The minimum atomic E-state index is -3.37. The van der Waals surface area contributed by atoms with Gasteiger partial charge < -0.3 is 15.2 Å². The van der Waals surface area contributed by atoms with Crippen molar-refractivity contribution in [3.8, 4) is 11.4 Å². The Hall–Kier alpha value is -3.11. The van der Waals surface area contributed by atoms with Crippen molar-refractivity contribution >= 4 is 15.7 Å². The Morgan fingerprint density at radius 2 is 2.06 bits per heavy atom. The summed E-state index contributed by atoms with van der Waals surface area (Å²) >= 11 is 0. The molecule has 174 valence electrons. The predicted molar refractivity (Wildman–Crippen MR) is 119 cm³/mol. The minimum Gasteiger partial charge on any atom is -0.337 e. The van der Waals surface area contributed by atoms with E-state index < -0.39 is 15.9 Å². The highest BCUT2D eigenvalue weighted by Gasteiger charge is 2.34. The zero-order valence-corrected chi connectivity index (χ0v) is 19.0. The molecule has 3 aromatic rings. The van der Waals surface area contributed by atoms with Gasteiger partial charge in [0.2, 0.25) is 17.6 Å². The third kappa shape index (κ3) is 5.28. The van der Waals surface area contributed by atoms with Crippen LogP contribution in [0.25, 0.3) is 11.4 Å². The largest absolute Gasteiger partial charge is 0.337 e. The lowest BCUT2D eigenvalue weighted by Gasteiger charge is -2.23. The molecule has 33 heavy (non-hydrogen) atoms. The van der Waals surface area contributed by atoms with Crippen molar-refractivity contribution in [2.45, 2.75) is 42.7 Å². The number of aromatic nitrogens is 2. The summed E-state index contributed by atoms with van der Waals surface area (Å²) in [7, 11) is -3.37. The molecule has 1 amide bonds. The summed E-state index contributed by atoms with van der Waals surface area (Å²) in [5.74, 6) is 0.0623. The number of hydrogen-bond acceptors (Lipinski definition) is 7. The van der Waals surface area contributed by atoms with Crippen LogP contribution in [0.3, 0.4) is 0 Å². The van der Waals surface area contributed by atoms with Crippen LogP contribution in [0.15, 0.2) is 57.9 Å². The van der Waals surface area contributed by atoms with Crippen molar-refractivity contribution in [2.24, 2.45) is 5.73 Å². The van der Waals surface area contributed by atoms with Crippen molar-refractivity contribution in [1.82, 2.24) is 15.0 Å². The van der Waals surface area contributed by atoms with Gasteiger partial charge in [0.1, 0.15) is 11.9 Å². The van der Waals surface area contributed by atoms with E-state index in [1.165, 1.54) is 18.2 Å². The van der Waals surface area contributed by atoms with E-state index in [1.54, 1.807) is 35.2 Å². The van der Waals surface area contributed by atoms with Crippen molar-refractivity contribution in [1.29, 1.82) is 0 Å². The van der Waals surface area contributed by atoms with Crippen LogP contribution in [0.2, 0.25) is 0 Å². The fraction of sp³-hybridized carbons (Fsp3) is 0.348. The monoisotopic (exact) mass is 472 g/mol. The molecule has 0 unspecified atom stereocenters. The molecule has 2 heterocycles. The van der Waals surface area contributed by atoms with Crippen molar-refractivity contribution in [3.05, 3.63) is 65.8 Å².